The first-order chi connectivity index (χ1) is 11.4. The van der Waals surface area contributed by atoms with E-state index in [-0.39, 0.29) is 0 Å². The Morgan fingerprint density at radius 1 is 0.542 bits per heavy atom. The number of nitrogens with zero attached hydrogens (tertiary/aromatic N) is 2. The molecule has 2 aromatic rings. The molecular formula is C18H16N2O4. The highest BCUT2D eigenvalue weighted by Crippen LogP contribution is 2.36. The van der Waals surface area contributed by atoms with Crippen LogP contribution in [0.25, 0.3) is 10.8 Å². The number of imide groups is 2. The van der Waals surface area contributed by atoms with Gasteiger partial charge in [-0.05, 0) is 24.3 Å². The summed E-state index contributed by atoms with van der Waals surface area (Å²) in [6.45, 7) is 4.00. The van der Waals surface area contributed by atoms with Gasteiger partial charge in [0.2, 0.25) is 0 Å². The summed E-state index contributed by atoms with van der Waals surface area (Å²) in [6, 6.07) is 6.16. The van der Waals surface area contributed by atoms with E-state index in [0.717, 1.165) is 9.80 Å². The van der Waals surface area contributed by atoms with E-state index in [1.54, 1.807) is 0 Å². The quantitative estimate of drug-likeness (QED) is 0.697. The molecule has 0 saturated carbocycles. The molecule has 6 heteroatoms. The largest absolute Gasteiger partial charge is 0.277 e. The van der Waals surface area contributed by atoms with Crippen molar-refractivity contribution < 1.29 is 19.2 Å². The fourth-order valence-electron chi connectivity index (χ4n) is 3.12. The molecule has 2 aromatic carbocycles. The van der Waals surface area contributed by atoms with Gasteiger partial charge in [-0.2, -0.15) is 0 Å². The van der Waals surface area contributed by atoms with Crippen molar-refractivity contribution in [2.24, 2.45) is 0 Å². The molecule has 0 spiro atoms. The lowest BCUT2D eigenvalue weighted by Gasteiger charge is -2.29. The van der Waals surface area contributed by atoms with Crippen LogP contribution in [0, 0.1) is 0 Å². The molecule has 2 aliphatic heterocycles. The zero-order chi connectivity index (χ0) is 17.8. The van der Waals surface area contributed by atoms with E-state index < -0.39 is 23.6 Å². The van der Waals surface area contributed by atoms with E-state index >= 15 is 0 Å². The average molecular weight is 324 g/mol. The number of hydrogen-bond donors (Lipinski definition) is 0. The summed E-state index contributed by atoms with van der Waals surface area (Å²) in [5, 5.41) is 0.802. The predicted octanol–water partition coefficient (Wildman–Crippen LogP) is 2.32. The van der Waals surface area contributed by atoms with E-state index in [1.165, 1.54) is 38.4 Å². The highest BCUT2D eigenvalue weighted by molar-refractivity contribution is 6.33. The highest BCUT2D eigenvalue weighted by Gasteiger charge is 2.37. The molecule has 0 N–H and O–H groups in total. The zero-order valence-electron chi connectivity index (χ0n) is 13.8. The molecule has 4 amide bonds. The molecule has 2 aliphatic rings. The van der Waals surface area contributed by atoms with Gasteiger partial charge in [-0.25, -0.2) is 0 Å². The first-order valence-electron chi connectivity index (χ1n) is 7.68. The number of hydrogen-bond acceptors (Lipinski definition) is 4. The Bertz CT molecular complexity index is 798. The van der Waals surface area contributed by atoms with E-state index in [4.69, 9.17) is 0 Å². The molecule has 0 unspecified atom stereocenters. The van der Waals surface area contributed by atoms with Crippen LogP contribution in [0.5, 0.6) is 0 Å². The van der Waals surface area contributed by atoms with Gasteiger partial charge in [-0.1, -0.05) is 13.8 Å². The van der Waals surface area contributed by atoms with Crippen LogP contribution in [0.4, 0.5) is 0 Å². The van der Waals surface area contributed by atoms with Crippen molar-refractivity contribution in [2.75, 3.05) is 14.1 Å². The van der Waals surface area contributed by atoms with Crippen LogP contribution in [-0.2, 0) is 0 Å². The summed E-state index contributed by atoms with van der Waals surface area (Å²) in [4.78, 5) is 51.3. The number of amides is 4. The van der Waals surface area contributed by atoms with E-state index in [9.17, 15) is 19.2 Å². The summed E-state index contributed by atoms with van der Waals surface area (Å²) < 4.78 is 0. The molecule has 0 radical (unpaired) electrons. The van der Waals surface area contributed by atoms with E-state index in [1.807, 2.05) is 13.8 Å². The van der Waals surface area contributed by atoms with Crippen LogP contribution < -0.4 is 0 Å². The first-order valence-corrected chi connectivity index (χ1v) is 7.68. The number of carbonyl (C=O) groups excluding carboxylic acids is 4. The van der Waals surface area contributed by atoms with Crippen molar-refractivity contribution in [3.8, 4) is 0 Å². The lowest BCUT2D eigenvalue weighted by Crippen LogP contribution is -2.40. The minimum atomic E-state index is -0.431. The molecule has 2 heterocycles. The maximum Gasteiger partial charge on any atom is 0.261 e. The molecule has 0 saturated heterocycles. The predicted molar refractivity (Wildman–Crippen MR) is 88.1 cm³/mol. The van der Waals surface area contributed by atoms with Gasteiger partial charge < -0.3 is 0 Å². The van der Waals surface area contributed by atoms with Crippen molar-refractivity contribution in [1.29, 1.82) is 0 Å². The lowest BCUT2D eigenvalue weighted by molar-refractivity contribution is 0.0629. The minimum absolute atomic E-state index is 0.336. The standard InChI is InChI=1S/C16H10N2O4.C2H6/c1-17-13(19)7-3-5-9-12-10(16(22)18(2)15(9)21)6-4-8(11(7)12)14(17)20;1-2/h3-6H,1-2H3;1-2H3. The molecule has 0 aliphatic carbocycles. The number of rotatable bonds is 0. The third kappa shape index (κ3) is 1.76. The molecule has 6 nitrogen and oxygen atoms in total. The monoisotopic (exact) mass is 324 g/mol. The Labute approximate surface area is 138 Å². The van der Waals surface area contributed by atoms with E-state index in [2.05, 4.69) is 0 Å². The molecule has 4 rings (SSSR count). The van der Waals surface area contributed by atoms with Crippen LogP contribution in [-0.4, -0.2) is 47.5 Å². The van der Waals surface area contributed by atoms with Crippen LogP contribution >= 0.6 is 0 Å². The van der Waals surface area contributed by atoms with Gasteiger partial charge in [0, 0.05) is 47.1 Å². The molecule has 0 atom stereocenters. The van der Waals surface area contributed by atoms with Crippen molar-refractivity contribution in [3.05, 3.63) is 46.5 Å². The lowest BCUT2D eigenvalue weighted by atomic mass is 9.86. The maximum atomic E-state index is 12.3. The Kier molecular flexibility index (Phi) is 3.48. The van der Waals surface area contributed by atoms with Crippen LogP contribution in [0.2, 0.25) is 0 Å². The molecule has 24 heavy (non-hydrogen) atoms. The topological polar surface area (TPSA) is 74.8 Å². The molecule has 0 fully saturated rings. The molecule has 0 aromatic heterocycles. The molecule has 122 valence electrons. The van der Waals surface area contributed by atoms with Gasteiger partial charge in [0.05, 0.1) is 0 Å². The molecule has 0 bridgehead atoms. The Balaban J connectivity index is 0.000000815. The van der Waals surface area contributed by atoms with Gasteiger partial charge >= 0.3 is 0 Å². The number of benzene rings is 2. The smallest absolute Gasteiger partial charge is 0.261 e. The second-order valence-electron chi connectivity index (χ2n) is 5.41. The third-order valence-corrected chi connectivity index (χ3v) is 4.30. The van der Waals surface area contributed by atoms with Crippen LogP contribution in [0.3, 0.4) is 0 Å². The van der Waals surface area contributed by atoms with Gasteiger partial charge in [0.1, 0.15) is 0 Å². The Morgan fingerprint density at radius 2 is 0.750 bits per heavy atom. The second-order valence-corrected chi connectivity index (χ2v) is 5.41. The maximum absolute atomic E-state index is 12.3. The van der Waals surface area contributed by atoms with Gasteiger partial charge in [-0.15, -0.1) is 0 Å². The summed E-state index contributed by atoms with van der Waals surface area (Å²) >= 11 is 0. The number of carbonyl (C=O) groups is 4. The van der Waals surface area contributed by atoms with Gasteiger partial charge in [-0.3, -0.25) is 29.0 Å². The first kappa shape index (κ1) is 15.9. The zero-order valence-corrected chi connectivity index (χ0v) is 13.8. The Hall–Kier alpha value is -3.02. The third-order valence-electron chi connectivity index (χ3n) is 4.30. The van der Waals surface area contributed by atoms with Gasteiger partial charge in [0.25, 0.3) is 23.6 Å². The summed E-state index contributed by atoms with van der Waals surface area (Å²) in [5.74, 6) is -1.72. The van der Waals surface area contributed by atoms with Crippen molar-refractivity contribution in [2.45, 2.75) is 13.8 Å². The minimum Gasteiger partial charge on any atom is -0.277 e. The van der Waals surface area contributed by atoms with Crippen LogP contribution in [0.1, 0.15) is 55.3 Å². The van der Waals surface area contributed by atoms with Crippen molar-refractivity contribution in [1.82, 2.24) is 9.80 Å². The fourth-order valence-corrected chi connectivity index (χ4v) is 3.12. The SMILES string of the molecule is CC.CN1C(=O)c2ccc3c4c(ccc(c24)C1=O)C(=O)N(C)C3=O. The Morgan fingerprint density at radius 3 is 0.958 bits per heavy atom. The average Bonchev–Trinajstić information content (AvgIpc) is 2.62. The summed E-state index contributed by atoms with van der Waals surface area (Å²) in [7, 11) is 2.83. The summed E-state index contributed by atoms with van der Waals surface area (Å²) in [5.41, 5.74) is 1.34. The van der Waals surface area contributed by atoms with E-state index in [0.29, 0.717) is 33.0 Å². The van der Waals surface area contributed by atoms with Crippen molar-refractivity contribution >= 4 is 34.4 Å². The summed E-state index contributed by atoms with van der Waals surface area (Å²) in [6.07, 6.45) is 0. The van der Waals surface area contributed by atoms with Crippen LogP contribution in [0.15, 0.2) is 24.3 Å². The van der Waals surface area contributed by atoms with Crippen molar-refractivity contribution in [3.63, 3.8) is 0 Å². The highest BCUT2D eigenvalue weighted by atomic mass is 16.2. The molecular weight excluding hydrogens is 308 g/mol. The second kappa shape index (κ2) is 5.26. The van der Waals surface area contributed by atoms with Gasteiger partial charge in [0.15, 0.2) is 0 Å². The normalized spacial score (nSPS) is 15.7. The fraction of sp³-hybridized carbons (Fsp3) is 0.222.